The van der Waals surface area contributed by atoms with E-state index in [1.54, 1.807) is 18.2 Å². The maximum Gasteiger partial charge on any atom is 0.202 e. The minimum Gasteiger partial charge on any atom is -0.368 e. The number of anilines is 1. The van der Waals surface area contributed by atoms with Gasteiger partial charge >= 0.3 is 0 Å². The van der Waals surface area contributed by atoms with Crippen LogP contribution in [0.1, 0.15) is 30.1 Å². The van der Waals surface area contributed by atoms with Crippen molar-refractivity contribution in [3.63, 3.8) is 0 Å². The number of rotatable bonds is 2. The van der Waals surface area contributed by atoms with Crippen LogP contribution in [0.15, 0.2) is 29.1 Å². The molecule has 0 amide bonds. The van der Waals surface area contributed by atoms with Crippen LogP contribution in [0.2, 0.25) is 0 Å². The molecule has 1 aromatic carbocycles. The highest BCUT2D eigenvalue weighted by atomic mass is 16.1. The van der Waals surface area contributed by atoms with Crippen LogP contribution in [0.4, 0.5) is 5.69 Å². The monoisotopic (exact) mass is 217 g/mol. The number of carbonyl (C=O) groups is 1. The van der Waals surface area contributed by atoms with E-state index in [1.807, 2.05) is 4.90 Å². The van der Waals surface area contributed by atoms with Gasteiger partial charge in [0.1, 0.15) is 0 Å². The molecule has 3 heteroatoms. The average Bonchev–Trinajstić information content (AvgIpc) is 2.68. The number of carbonyl (C=O) groups excluding carboxylic acids is 1. The van der Waals surface area contributed by atoms with Crippen molar-refractivity contribution >= 4 is 11.5 Å². The van der Waals surface area contributed by atoms with Crippen LogP contribution in [0, 0.1) is 0 Å². The predicted octanol–water partition coefficient (Wildman–Crippen LogP) is 1.85. The summed E-state index contributed by atoms with van der Waals surface area (Å²) in [5.41, 5.74) is 1.06. The largest absolute Gasteiger partial charge is 0.368 e. The average molecular weight is 217 g/mol. The lowest BCUT2D eigenvalue weighted by Gasteiger charge is -2.17. The van der Waals surface area contributed by atoms with Gasteiger partial charge in [0.05, 0.1) is 5.69 Å². The highest BCUT2D eigenvalue weighted by Gasteiger charge is 2.19. The molecule has 1 aliphatic heterocycles. The SMILES string of the molecule is CC(=O)c1ccccc(=O)c1N1CCCC1. The summed E-state index contributed by atoms with van der Waals surface area (Å²) in [7, 11) is 0. The molecule has 0 bridgehead atoms. The molecule has 0 unspecified atom stereocenters. The first-order valence-corrected chi connectivity index (χ1v) is 5.59. The van der Waals surface area contributed by atoms with Crippen molar-refractivity contribution in [3.05, 3.63) is 40.1 Å². The van der Waals surface area contributed by atoms with Crippen molar-refractivity contribution < 1.29 is 4.79 Å². The molecular formula is C13H15NO2. The Morgan fingerprint density at radius 3 is 2.44 bits per heavy atom. The number of hydrogen-bond donors (Lipinski definition) is 0. The third kappa shape index (κ3) is 1.98. The van der Waals surface area contributed by atoms with Gasteiger partial charge in [-0.05, 0) is 31.9 Å². The highest BCUT2D eigenvalue weighted by Crippen LogP contribution is 2.20. The lowest BCUT2D eigenvalue weighted by Crippen LogP contribution is -2.25. The van der Waals surface area contributed by atoms with Crippen LogP contribution in [-0.2, 0) is 0 Å². The molecular weight excluding hydrogens is 202 g/mol. The van der Waals surface area contributed by atoms with E-state index in [-0.39, 0.29) is 11.2 Å². The Morgan fingerprint density at radius 1 is 1.19 bits per heavy atom. The minimum absolute atomic E-state index is 0.0461. The maximum atomic E-state index is 11.9. The van der Waals surface area contributed by atoms with E-state index in [0.717, 1.165) is 25.9 Å². The van der Waals surface area contributed by atoms with Gasteiger partial charge in [-0.1, -0.05) is 12.1 Å². The fourth-order valence-corrected chi connectivity index (χ4v) is 2.14. The lowest BCUT2D eigenvalue weighted by molar-refractivity contribution is 0.101. The molecule has 1 fully saturated rings. The van der Waals surface area contributed by atoms with Crippen LogP contribution in [0.5, 0.6) is 0 Å². The standard InChI is InChI=1S/C13H15NO2/c1-10(15)11-6-2-3-7-12(16)13(11)14-8-4-5-9-14/h2-3,6-7H,4-5,8-9H2,1H3. The van der Waals surface area contributed by atoms with Gasteiger partial charge < -0.3 is 4.90 Å². The molecule has 1 aliphatic rings. The van der Waals surface area contributed by atoms with Gasteiger partial charge in [0, 0.05) is 18.7 Å². The molecule has 1 aromatic rings. The Morgan fingerprint density at radius 2 is 1.81 bits per heavy atom. The van der Waals surface area contributed by atoms with Crippen molar-refractivity contribution in [2.45, 2.75) is 19.8 Å². The highest BCUT2D eigenvalue weighted by molar-refractivity contribution is 5.99. The zero-order valence-corrected chi connectivity index (χ0v) is 9.40. The van der Waals surface area contributed by atoms with Crippen molar-refractivity contribution in [2.75, 3.05) is 18.0 Å². The van der Waals surface area contributed by atoms with Crippen LogP contribution < -0.4 is 10.3 Å². The second-order valence-electron chi connectivity index (χ2n) is 4.10. The first-order chi connectivity index (χ1) is 7.70. The van der Waals surface area contributed by atoms with Crippen molar-refractivity contribution in [3.8, 4) is 0 Å². The van der Waals surface area contributed by atoms with Gasteiger partial charge in [-0.3, -0.25) is 9.59 Å². The van der Waals surface area contributed by atoms with E-state index >= 15 is 0 Å². The summed E-state index contributed by atoms with van der Waals surface area (Å²) >= 11 is 0. The molecule has 0 radical (unpaired) electrons. The van der Waals surface area contributed by atoms with Gasteiger partial charge in [0.15, 0.2) is 5.78 Å². The summed E-state index contributed by atoms with van der Waals surface area (Å²) in [6, 6.07) is 6.70. The van der Waals surface area contributed by atoms with Gasteiger partial charge in [-0.2, -0.15) is 0 Å². The molecule has 1 saturated heterocycles. The summed E-state index contributed by atoms with van der Waals surface area (Å²) in [6.07, 6.45) is 2.19. The second-order valence-corrected chi connectivity index (χ2v) is 4.10. The number of ketones is 1. The van der Waals surface area contributed by atoms with E-state index in [2.05, 4.69) is 0 Å². The molecule has 0 aromatic heterocycles. The molecule has 2 rings (SSSR count). The lowest BCUT2D eigenvalue weighted by atomic mass is 10.1. The Kier molecular flexibility index (Phi) is 3.04. The molecule has 0 aliphatic carbocycles. The van der Waals surface area contributed by atoms with E-state index in [0.29, 0.717) is 11.3 Å². The third-order valence-electron chi connectivity index (χ3n) is 2.91. The summed E-state index contributed by atoms with van der Waals surface area (Å²) in [5.74, 6) is -0.0461. The zero-order valence-electron chi connectivity index (χ0n) is 9.40. The first kappa shape index (κ1) is 10.9. The summed E-state index contributed by atoms with van der Waals surface area (Å²) in [5, 5.41) is 0. The van der Waals surface area contributed by atoms with Crippen LogP contribution in [0.3, 0.4) is 0 Å². The Balaban J connectivity index is 2.60. The smallest absolute Gasteiger partial charge is 0.202 e. The molecule has 84 valence electrons. The van der Waals surface area contributed by atoms with E-state index in [9.17, 15) is 9.59 Å². The fourth-order valence-electron chi connectivity index (χ4n) is 2.14. The minimum atomic E-state index is -0.0582. The van der Waals surface area contributed by atoms with E-state index < -0.39 is 0 Å². The van der Waals surface area contributed by atoms with Crippen LogP contribution >= 0.6 is 0 Å². The molecule has 0 spiro atoms. The van der Waals surface area contributed by atoms with Gasteiger partial charge in [-0.15, -0.1) is 0 Å². The van der Waals surface area contributed by atoms with Crippen molar-refractivity contribution in [2.24, 2.45) is 0 Å². The fraction of sp³-hybridized carbons (Fsp3) is 0.385. The predicted molar refractivity (Wildman–Crippen MR) is 64.2 cm³/mol. The Hall–Kier alpha value is -1.64. The summed E-state index contributed by atoms with van der Waals surface area (Å²) in [6.45, 7) is 3.26. The van der Waals surface area contributed by atoms with Gasteiger partial charge in [0.25, 0.3) is 0 Å². The second kappa shape index (κ2) is 4.47. The Bertz CT molecular complexity index is 462. The van der Waals surface area contributed by atoms with Gasteiger partial charge in [0.2, 0.25) is 5.43 Å². The molecule has 1 heterocycles. The van der Waals surface area contributed by atoms with Crippen LogP contribution in [-0.4, -0.2) is 18.9 Å². The molecule has 0 atom stereocenters. The van der Waals surface area contributed by atoms with Crippen molar-refractivity contribution in [1.82, 2.24) is 0 Å². The summed E-state index contributed by atoms with van der Waals surface area (Å²) in [4.78, 5) is 25.5. The molecule has 3 nitrogen and oxygen atoms in total. The summed E-state index contributed by atoms with van der Waals surface area (Å²) < 4.78 is 0. The zero-order chi connectivity index (χ0) is 11.5. The first-order valence-electron chi connectivity index (χ1n) is 5.59. The van der Waals surface area contributed by atoms with E-state index in [4.69, 9.17) is 0 Å². The third-order valence-corrected chi connectivity index (χ3v) is 2.91. The maximum absolute atomic E-state index is 11.9. The van der Waals surface area contributed by atoms with Gasteiger partial charge in [-0.25, -0.2) is 0 Å². The van der Waals surface area contributed by atoms with E-state index in [1.165, 1.54) is 13.0 Å². The number of hydrogen-bond acceptors (Lipinski definition) is 3. The molecule has 0 saturated carbocycles. The quantitative estimate of drug-likeness (QED) is 0.709. The molecule has 16 heavy (non-hydrogen) atoms. The Labute approximate surface area is 94.7 Å². The number of Topliss-reactive ketones (excluding diaryl/α,β-unsaturated/α-hetero) is 1. The van der Waals surface area contributed by atoms with Crippen LogP contribution in [0.25, 0.3) is 0 Å². The van der Waals surface area contributed by atoms with Crippen molar-refractivity contribution in [1.29, 1.82) is 0 Å². The topological polar surface area (TPSA) is 37.4 Å². The molecule has 0 N–H and O–H groups in total. The number of nitrogens with zero attached hydrogens (tertiary/aromatic N) is 1. The normalized spacial score (nSPS) is 15.2.